The Bertz CT molecular complexity index is 718. The third-order valence-electron chi connectivity index (χ3n) is 3.01. The van der Waals surface area contributed by atoms with Gasteiger partial charge in [0.15, 0.2) is 5.17 Å². The average molecular weight is 294 g/mol. The van der Waals surface area contributed by atoms with Crippen molar-refractivity contribution >= 4 is 34.6 Å². The first-order valence-corrected chi connectivity index (χ1v) is 7.44. The van der Waals surface area contributed by atoms with Crippen molar-refractivity contribution in [3.63, 3.8) is 0 Å². The third kappa shape index (κ3) is 3.41. The van der Waals surface area contributed by atoms with Crippen molar-refractivity contribution in [1.82, 2.24) is 5.32 Å². The first kappa shape index (κ1) is 13.6. The van der Waals surface area contributed by atoms with Crippen LogP contribution in [0.2, 0.25) is 0 Å². The minimum atomic E-state index is -0.102. The molecular formula is C17H14N2OS. The summed E-state index contributed by atoms with van der Waals surface area (Å²) in [7, 11) is 0. The first-order valence-electron chi connectivity index (χ1n) is 6.62. The fourth-order valence-corrected chi connectivity index (χ4v) is 2.76. The van der Waals surface area contributed by atoms with Crippen LogP contribution in [0, 0.1) is 6.92 Å². The molecule has 21 heavy (non-hydrogen) atoms. The van der Waals surface area contributed by atoms with Crippen molar-refractivity contribution in [3.05, 3.63) is 70.6 Å². The standard InChI is InChI=1S/C17H14N2OS/c1-12-7-9-13(10-8-12)11-15-16(20)19-17(21-15)18-14-5-3-2-4-6-14/h2-11H,1H3,(H,18,19,20)/b15-11-. The zero-order chi connectivity index (χ0) is 14.7. The molecule has 1 aliphatic heterocycles. The van der Waals surface area contributed by atoms with Gasteiger partial charge in [0.25, 0.3) is 5.91 Å². The number of amides is 1. The van der Waals surface area contributed by atoms with Gasteiger partial charge in [0.1, 0.15) is 0 Å². The molecule has 0 aliphatic carbocycles. The molecule has 1 N–H and O–H groups in total. The summed E-state index contributed by atoms with van der Waals surface area (Å²) in [6.07, 6.45) is 1.88. The summed E-state index contributed by atoms with van der Waals surface area (Å²) in [6, 6.07) is 17.7. The molecule has 0 atom stereocenters. The molecule has 0 spiro atoms. The van der Waals surface area contributed by atoms with Gasteiger partial charge in [0.2, 0.25) is 0 Å². The maximum atomic E-state index is 12.0. The number of nitrogens with zero attached hydrogens (tertiary/aromatic N) is 1. The number of hydrogen-bond acceptors (Lipinski definition) is 3. The summed E-state index contributed by atoms with van der Waals surface area (Å²) in [5, 5.41) is 3.41. The Hall–Kier alpha value is -2.33. The quantitative estimate of drug-likeness (QED) is 0.854. The summed E-state index contributed by atoms with van der Waals surface area (Å²) < 4.78 is 0. The lowest BCUT2D eigenvalue weighted by Gasteiger charge is -1.96. The summed E-state index contributed by atoms with van der Waals surface area (Å²) in [5.74, 6) is -0.102. The monoisotopic (exact) mass is 294 g/mol. The molecule has 0 bridgehead atoms. The molecule has 3 rings (SSSR count). The van der Waals surface area contributed by atoms with Gasteiger partial charge in [0, 0.05) is 0 Å². The number of thioether (sulfide) groups is 1. The van der Waals surface area contributed by atoms with Crippen molar-refractivity contribution in [2.24, 2.45) is 4.99 Å². The molecule has 0 aromatic heterocycles. The van der Waals surface area contributed by atoms with E-state index in [0.29, 0.717) is 10.1 Å². The molecule has 0 radical (unpaired) electrons. The smallest absolute Gasteiger partial charge is 0.264 e. The predicted molar refractivity (Wildman–Crippen MR) is 88.4 cm³/mol. The lowest BCUT2D eigenvalue weighted by atomic mass is 10.1. The van der Waals surface area contributed by atoms with Crippen LogP contribution in [-0.2, 0) is 4.79 Å². The second-order valence-electron chi connectivity index (χ2n) is 4.73. The molecule has 0 unspecified atom stereocenters. The Kier molecular flexibility index (Phi) is 3.88. The van der Waals surface area contributed by atoms with Gasteiger partial charge in [-0.1, -0.05) is 48.0 Å². The number of rotatable bonds is 2. The fourth-order valence-electron chi connectivity index (χ4n) is 1.91. The number of benzene rings is 2. The van der Waals surface area contributed by atoms with Crippen LogP contribution in [0.3, 0.4) is 0 Å². The highest BCUT2D eigenvalue weighted by atomic mass is 32.2. The largest absolute Gasteiger partial charge is 0.300 e. The molecule has 1 saturated heterocycles. The molecule has 104 valence electrons. The van der Waals surface area contributed by atoms with Gasteiger partial charge in [-0.25, -0.2) is 4.99 Å². The van der Waals surface area contributed by atoms with E-state index in [1.165, 1.54) is 17.3 Å². The number of aliphatic imine (C=N–C) groups is 1. The summed E-state index contributed by atoms with van der Waals surface area (Å²) >= 11 is 1.36. The molecule has 2 aromatic rings. The lowest BCUT2D eigenvalue weighted by molar-refractivity contribution is -0.115. The molecule has 1 heterocycles. The Morgan fingerprint density at radius 2 is 1.76 bits per heavy atom. The van der Waals surface area contributed by atoms with Crippen LogP contribution in [0.25, 0.3) is 6.08 Å². The van der Waals surface area contributed by atoms with Crippen LogP contribution in [-0.4, -0.2) is 11.1 Å². The maximum absolute atomic E-state index is 12.0. The number of carbonyl (C=O) groups excluding carboxylic acids is 1. The molecule has 4 heteroatoms. The van der Waals surface area contributed by atoms with Gasteiger partial charge in [-0.15, -0.1) is 0 Å². The summed E-state index contributed by atoms with van der Waals surface area (Å²) in [6.45, 7) is 2.04. The lowest BCUT2D eigenvalue weighted by Crippen LogP contribution is -2.19. The molecule has 0 saturated carbocycles. The van der Waals surface area contributed by atoms with Gasteiger partial charge in [-0.05, 0) is 42.5 Å². The molecule has 3 nitrogen and oxygen atoms in total. The van der Waals surface area contributed by atoms with E-state index >= 15 is 0 Å². The fraction of sp³-hybridized carbons (Fsp3) is 0.0588. The summed E-state index contributed by atoms with van der Waals surface area (Å²) in [5.41, 5.74) is 3.04. The SMILES string of the molecule is Cc1ccc(/C=C2\SC(=Nc3ccccc3)NC2=O)cc1. The zero-order valence-corrected chi connectivity index (χ0v) is 12.4. The van der Waals surface area contributed by atoms with Crippen LogP contribution >= 0.6 is 11.8 Å². The Morgan fingerprint density at radius 3 is 2.48 bits per heavy atom. The molecule has 1 amide bonds. The highest BCUT2D eigenvalue weighted by molar-refractivity contribution is 8.18. The predicted octanol–water partition coefficient (Wildman–Crippen LogP) is 3.89. The average Bonchev–Trinajstić information content (AvgIpc) is 2.82. The van der Waals surface area contributed by atoms with E-state index < -0.39 is 0 Å². The Morgan fingerprint density at radius 1 is 1.05 bits per heavy atom. The van der Waals surface area contributed by atoms with Crippen molar-refractivity contribution in [3.8, 4) is 0 Å². The van der Waals surface area contributed by atoms with Crippen molar-refractivity contribution in [2.75, 3.05) is 0 Å². The van der Waals surface area contributed by atoms with E-state index in [1.54, 1.807) is 0 Å². The summed E-state index contributed by atoms with van der Waals surface area (Å²) in [4.78, 5) is 17.0. The normalized spacial score (nSPS) is 18.2. The van der Waals surface area contributed by atoms with Gasteiger partial charge in [-0.3, -0.25) is 4.79 Å². The molecule has 1 fully saturated rings. The van der Waals surface area contributed by atoms with E-state index in [1.807, 2.05) is 67.6 Å². The number of hydrogen-bond donors (Lipinski definition) is 1. The van der Waals surface area contributed by atoms with Gasteiger partial charge >= 0.3 is 0 Å². The van der Waals surface area contributed by atoms with Crippen LogP contribution in [0.4, 0.5) is 5.69 Å². The van der Waals surface area contributed by atoms with E-state index in [9.17, 15) is 4.79 Å². The Labute approximate surface area is 127 Å². The zero-order valence-electron chi connectivity index (χ0n) is 11.5. The van der Waals surface area contributed by atoms with Crippen LogP contribution in [0.1, 0.15) is 11.1 Å². The number of nitrogens with one attached hydrogen (secondary N) is 1. The van der Waals surface area contributed by atoms with Crippen molar-refractivity contribution in [1.29, 1.82) is 0 Å². The van der Waals surface area contributed by atoms with Crippen LogP contribution in [0.5, 0.6) is 0 Å². The number of carbonyl (C=O) groups is 1. The highest BCUT2D eigenvalue weighted by Crippen LogP contribution is 2.27. The van der Waals surface area contributed by atoms with Crippen molar-refractivity contribution in [2.45, 2.75) is 6.92 Å². The highest BCUT2D eigenvalue weighted by Gasteiger charge is 2.23. The second-order valence-corrected chi connectivity index (χ2v) is 5.76. The van der Waals surface area contributed by atoms with E-state index in [-0.39, 0.29) is 5.91 Å². The second kappa shape index (κ2) is 5.97. The maximum Gasteiger partial charge on any atom is 0.264 e. The van der Waals surface area contributed by atoms with Crippen LogP contribution < -0.4 is 5.32 Å². The van der Waals surface area contributed by atoms with Gasteiger partial charge in [0.05, 0.1) is 10.6 Å². The molecule has 2 aromatic carbocycles. The minimum absolute atomic E-state index is 0.102. The number of para-hydroxylation sites is 1. The van der Waals surface area contributed by atoms with Gasteiger partial charge < -0.3 is 5.32 Å². The molecular weight excluding hydrogens is 280 g/mol. The topological polar surface area (TPSA) is 41.5 Å². The Balaban J connectivity index is 1.82. The van der Waals surface area contributed by atoms with E-state index in [4.69, 9.17) is 0 Å². The van der Waals surface area contributed by atoms with Crippen LogP contribution in [0.15, 0.2) is 64.5 Å². The van der Waals surface area contributed by atoms with E-state index in [2.05, 4.69) is 10.3 Å². The number of aryl methyl sites for hydroxylation is 1. The van der Waals surface area contributed by atoms with E-state index in [0.717, 1.165) is 11.3 Å². The third-order valence-corrected chi connectivity index (χ3v) is 3.92. The molecule has 1 aliphatic rings. The van der Waals surface area contributed by atoms with Crippen molar-refractivity contribution < 1.29 is 4.79 Å². The number of amidine groups is 1. The van der Waals surface area contributed by atoms with Gasteiger partial charge in [-0.2, -0.15) is 0 Å². The first-order chi connectivity index (χ1) is 10.2. The minimum Gasteiger partial charge on any atom is -0.300 e.